The molecule has 452 valence electrons. The first kappa shape index (κ1) is 64.9. The molecule has 0 spiro atoms. The molecular formula is C60H74O23. The van der Waals surface area contributed by atoms with Gasteiger partial charge in [-0.25, -0.2) is 19.2 Å². The van der Waals surface area contributed by atoms with E-state index in [4.69, 9.17) is 61.6 Å². The van der Waals surface area contributed by atoms with Crippen molar-refractivity contribution in [3.8, 4) is 0 Å². The van der Waals surface area contributed by atoms with Gasteiger partial charge in [-0.2, -0.15) is 0 Å². The minimum absolute atomic E-state index is 0.0334. The highest BCUT2D eigenvalue weighted by molar-refractivity contribution is 5.91. The van der Waals surface area contributed by atoms with Crippen molar-refractivity contribution in [3.05, 3.63) is 108 Å². The molecule has 6 rings (SSSR count). The molecule has 0 amide bonds. The van der Waals surface area contributed by atoms with Crippen molar-refractivity contribution < 1.29 is 110 Å². The van der Waals surface area contributed by atoms with E-state index in [1.54, 1.807) is 96.1 Å². The lowest BCUT2D eigenvalue weighted by Gasteiger charge is -2.32. The van der Waals surface area contributed by atoms with Gasteiger partial charge in [-0.3, -0.25) is 24.0 Å². The summed E-state index contributed by atoms with van der Waals surface area (Å²) in [5.74, 6) is -8.24. The molecule has 23 nitrogen and oxygen atoms in total. The number of hydrogen-bond donors (Lipinski definition) is 1. The van der Waals surface area contributed by atoms with Crippen LogP contribution in [-0.4, -0.2) is 158 Å². The SMILES string of the molecule is CC(=O)O[C@H]1[C@H]([C@@H](COC(=O)C(C)(C)C)O[C@H]2O[C@H](COC(=O)c3ccccc3)[C@@H](OC(=O)c3ccccc3)[C@@H]2OC(=O)c2ccccc2)O[C@@H](O[C@H](COC(=O)C(C)(C)C)[C@@H]2OC(=O)[C@H](OC(=O)C(C)(C)C)[C@H]2O)[C@@H]1OC(=O)C(C)(C)C. The number of esters is 9. The molecule has 3 aromatic carbocycles. The van der Waals surface area contributed by atoms with Gasteiger partial charge in [0.2, 0.25) is 6.10 Å². The van der Waals surface area contributed by atoms with E-state index in [0.29, 0.717) is 0 Å². The molecule has 0 aromatic heterocycles. The third-order valence-corrected chi connectivity index (χ3v) is 12.8. The van der Waals surface area contributed by atoms with E-state index < -0.39 is 175 Å². The fourth-order valence-corrected chi connectivity index (χ4v) is 8.16. The van der Waals surface area contributed by atoms with Crippen LogP contribution in [0, 0.1) is 21.7 Å². The van der Waals surface area contributed by atoms with E-state index in [2.05, 4.69) is 0 Å². The first-order valence-corrected chi connectivity index (χ1v) is 26.9. The molecule has 13 atom stereocenters. The van der Waals surface area contributed by atoms with Crippen LogP contribution < -0.4 is 0 Å². The Kier molecular flexibility index (Phi) is 21.1. The van der Waals surface area contributed by atoms with Gasteiger partial charge in [0.1, 0.15) is 50.3 Å². The summed E-state index contributed by atoms with van der Waals surface area (Å²) in [4.78, 5) is 123. The molecule has 0 radical (unpaired) electrons. The number of aliphatic hydroxyl groups is 1. The maximum atomic E-state index is 14.2. The van der Waals surface area contributed by atoms with E-state index in [1.807, 2.05) is 0 Å². The van der Waals surface area contributed by atoms with Crippen LogP contribution in [0.15, 0.2) is 91.0 Å². The predicted molar refractivity (Wildman–Crippen MR) is 286 cm³/mol. The summed E-state index contributed by atoms with van der Waals surface area (Å²) < 4.78 is 78.6. The highest BCUT2D eigenvalue weighted by Crippen LogP contribution is 2.39. The third-order valence-electron chi connectivity index (χ3n) is 12.8. The summed E-state index contributed by atoms with van der Waals surface area (Å²) in [6, 6.07) is 23.3. The number of carbonyl (C=O) groups excluding carboxylic acids is 9. The standard InChI is InChI=1S/C60H74O23/c1-32(61)74-44-41(81-52(46(44)83-56(70)60(11,12)13)75-36(30-72-53(67)57(2,3)4)40-39(62)43(50(66)78-40)82-55(69)59(8,9)10)38(31-73-54(68)58(5,6)7)77-51-45(80-49(65)35-27-21-16-22-28-35)42(79-48(64)34-25-19-15-20-26-34)37(76-51)29-71-47(63)33-23-17-14-18-24-33/h14-28,36-46,51-52,62H,29-31H2,1-13H3/t36-,37-,38-,39+,40+,41+,42-,43-,44+,45+,46-,51-,52-/m1/s1. The second-order valence-corrected chi connectivity index (χ2v) is 24.2. The van der Waals surface area contributed by atoms with Crippen LogP contribution in [-0.2, 0) is 90.3 Å². The van der Waals surface area contributed by atoms with Crippen LogP contribution in [0.1, 0.15) is 121 Å². The number of benzene rings is 3. The molecule has 3 aliphatic rings. The topological polar surface area (TPSA) is 294 Å². The van der Waals surface area contributed by atoms with Crippen LogP contribution >= 0.6 is 0 Å². The quantitative estimate of drug-likeness (QED) is 0.103. The summed E-state index contributed by atoms with van der Waals surface area (Å²) in [5, 5.41) is 11.7. The molecule has 83 heavy (non-hydrogen) atoms. The second kappa shape index (κ2) is 26.9. The Hall–Kier alpha value is -7.31. The molecule has 3 fully saturated rings. The monoisotopic (exact) mass is 1160 g/mol. The van der Waals surface area contributed by atoms with Crippen molar-refractivity contribution >= 4 is 53.7 Å². The molecular weight excluding hydrogens is 1090 g/mol. The van der Waals surface area contributed by atoms with E-state index >= 15 is 0 Å². The summed E-state index contributed by atoms with van der Waals surface area (Å²) in [7, 11) is 0. The molecule has 0 aliphatic carbocycles. The zero-order valence-corrected chi connectivity index (χ0v) is 48.7. The minimum atomic E-state index is -1.98. The molecule has 3 saturated heterocycles. The van der Waals surface area contributed by atoms with Gasteiger partial charge in [0.15, 0.2) is 43.1 Å². The van der Waals surface area contributed by atoms with Gasteiger partial charge in [0.25, 0.3) is 0 Å². The zero-order valence-electron chi connectivity index (χ0n) is 48.7. The number of cyclic esters (lactones) is 1. The summed E-state index contributed by atoms with van der Waals surface area (Å²) >= 11 is 0. The Labute approximate surface area is 481 Å². The molecule has 1 N–H and O–H groups in total. The smallest absolute Gasteiger partial charge is 0.350 e. The second-order valence-electron chi connectivity index (χ2n) is 24.2. The molecule has 3 heterocycles. The summed E-state index contributed by atoms with van der Waals surface area (Å²) in [5.41, 5.74) is -4.45. The molecule has 0 unspecified atom stereocenters. The van der Waals surface area contributed by atoms with Crippen molar-refractivity contribution in [1.82, 2.24) is 0 Å². The molecule has 3 aliphatic heterocycles. The minimum Gasteiger partial charge on any atom is -0.462 e. The predicted octanol–water partition coefficient (Wildman–Crippen LogP) is 5.83. The fourth-order valence-electron chi connectivity index (χ4n) is 8.16. The van der Waals surface area contributed by atoms with Gasteiger partial charge in [-0.05, 0) is 119 Å². The lowest BCUT2D eigenvalue weighted by atomic mass is 9.97. The van der Waals surface area contributed by atoms with Crippen molar-refractivity contribution in [1.29, 1.82) is 0 Å². The maximum absolute atomic E-state index is 14.2. The van der Waals surface area contributed by atoms with E-state index in [-0.39, 0.29) is 16.7 Å². The van der Waals surface area contributed by atoms with Gasteiger partial charge in [-0.1, -0.05) is 54.6 Å². The average Bonchev–Trinajstić information content (AvgIpc) is 2.37. The summed E-state index contributed by atoms with van der Waals surface area (Å²) in [6.07, 6.45) is -23.4. The van der Waals surface area contributed by atoms with Crippen molar-refractivity contribution in [2.75, 3.05) is 19.8 Å². The first-order valence-electron chi connectivity index (χ1n) is 26.9. The Bertz CT molecular complexity index is 2770. The van der Waals surface area contributed by atoms with Gasteiger partial charge in [-0.15, -0.1) is 0 Å². The molecule has 23 heteroatoms. The number of rotatable bonds is 20. The molecule has 0 bridgehead atoms. The average molecular weight is 1160 g/mol. The van der Waals surface area contributed by atoms with Gasteiger partial charge < -0.3 is 66.7 Å². The van der Waals surface area contributed by atoms with Gasteiger partial charge in [0, 0.05) is 6.92 Å². The van der Waals surface area contributed by atoms with Gasteiger partial charge >= 0.3 is 53.7 Å². The van der Waals surface area contributed by atoms with Crippen molar-refractivity contribution in [2.45, 2.75) is 170 Å². The lowest BCUT2D eigenvalue weighted by molar-refractivity contribution is -0.258. The number of ether oxygens (including phenoxy) is 13. The highest BCUT2D eigenvalue weighted by atomic mass is 16.8. The highest BCUT2D eigenvalue weighted by Gasteiger charge is 2.60. The number of aliphatic hydroxyl groups excluding tert-OH is 1. The van der Waals surface area contributed by atoms with E-state index in [9.17, 15) is 48.3 Å². The van der Waals surface area contributed by atoms with Crippen molar-refractivity contribution in [3.63, 3.8) is 0 Å². The Morgan fingerprint density at radius 3 is 1.31 bits per heavy atom. The van der Waals surface area contributed by atoms with E-state index in [0.717, 1.165) is 6.92 Å². The summed E-state index contributed by atoms with van der Waals surface area (Å²) in [6.45, 7) is 17.2. The van der Waals surface area contributed by atoms with Crippen molar-refractivity contribution in [2.24, 2.45) is 21.7 Å². The van der Waals surface area contributed by atoms with Crippen LogP contribution in [0.2, 0.25) is 0 Å². The van der Waals surface area contributed by atoms with Crippen LogP contribution in [0.25, 0.3) is 0 Å². The van der Waals surface area contributed by atoms with Crippen LogP contribution in [0.5, 0.6) is 0 Å². The molecule has 0 saturated carbocycles. The third kappa shape index (κ3) is 17.2. The Morgan fingerprint density at radius 2 is 0.867 bits per heavy atom. The zero-order chi connectivity index (χ0) is 61.4. The fraction of sp³-hybridized carbons (Fsp3) is 0.550. The van der Waals surface area contributed by atoms with Gasteiger partial charge in [0.05, 0.1) is 38.4 Å². The largest absolute Gasteiger partial charge is 0.462 e. The first-order chi connectivity index (χ1) is 38.7. The Morgan fingerprint density at radius 1 is 0.470 bits per heavy atom. The van der Waals surface area contributed by atoms with Crippen LogP contribution in [0.4, 0.5) is 0 Å². The maximum Gasteiger partial charge on any atom is 0.350 e. The number of hydrogen-bond acceptors (Lipinski definition) is 23. The molecule has 3 aromatic rings. The number of carbonyl (C=O) groups is 9. The lowest BCUT2D eigenvalue weighted by Crippen LogP contribution is -2.50. The van der Waals surface area contributed by atoms with Crippen LogP contribution in [0.3, 0.4) is 0 Å². The normalized spacial score (nSPS) is 25.2. The Balaban J connectivity index is 1.48. The van der Waals surface area contributed by atoms with E-state index in [1.165, 1.54) is 77.9 Å².